The summed E-state index contributed by atoms with van der Waals surface area (Å²) in [6.45, 7) is 4.78. The fourth-order valence-electron chi connectivity index (χ4n) is 2.36. The lowest BCUT2D eigenvalue weighted by atomic mass is 9.96. The Morgan fingerprint density at radius 3 is 2.76 bits per heavy atom. The largest absolute Gasteiger partial charge is 0.381 e. The summed E-state index contributed by atoms with van der Waals surface area (Å²) in [4.78, 5) is 0. The summed E-state index contributed by atoms with van der Waals surface area (Å²) >= 11 is 0. The third kappa shape index (κ3) is 7.01. The molecule has 0 bridgehead atoms. The minimum Gasteiger partial charge on any atom is -0.381 e. The smallest absolute Gasteiger partial charge is 0.147 e. The van der Waals surface area contributed by atoms with E-state index in [-0.39, 0.29) is 0 Å². The molecule has 1 aliphatic heterocycles. The summed E-state index contributed by atoms with van der Waals surface area (Å²) in [6, 6.07) is 0.438. The van der Waals surface area contributed by atoms with Crippen LogP contribution in [0.1, 0.15) is 32.6 Å². The van der Waals surface area contributed by atoms with E-state index in [2.05, 4.69) is 12.2 Å². The van der Waals surface area contributed by atoms with Crippen LogP contribution in [-0.2, 0) is 14.6 Å². The summed E-state index contributed by atoms with van der Waals surface area (Å²) in [6.07, 6.45) is 5.26. The second-order valence-electron chi connectivity index (χ2n) is 4.99. The maximum Gasteiger partial charge on any atom is 0.147 e. The van der Waals surface area contributed by atoms with Gasteiger partial charge in [-0.3, -0.25) is 0 Å². The van der Waals surface area contributed by atoms with E-state index in [0.717, 1.165) is 45.4 Å². The van der Waals surface area contributed by atoms with Crippen molar-refractivity contribution < 1.29 is 13.2 Å². The van der Waals surface area contributed by atoms with Gasteiger partial charge in [-0.1, -0.05) is 6.92 Å². The summed E-state index contributed by atoms with van der Waals surface area (Å²) in [5.41, 5.74) is 0. The lowest BCUT2D eigenvalue weighted by Crippen LogP contribution is -2.31. The molecule has 2 unspecified atom stereocenters. The van der Waals surface area contributed by atoms with Crippen molar-refractivity contribution in [2.24, 2.45) is 5.92 Å². The highest BCUT2D eigenvalue weighted by Crippen LogP contribution is 2.20. The molecular weight excluding hydrogens is 238 g/mol. The van der Waals surface area contributed by atoms with E-state index in [4.69, 9.17) is 4.74 Å². The predicted molar refractivity (Wildman–Crippen MR) is 70.0 cm³/mol. The van der Waals surface area contributed by atoms with Crippen LogP contribution in [0.4, 0.5) is 0 Å². The lowest BCUT2D eigenvalue weighted by Gasteiger charge is -2.20. The number of hydrogen-bond acceptors (Lipinski definition) is 4. The molecule has 4 nitrogen and oxygen atoms in total. The van der Waals surface area contributed by atoms with E-state index >= 15 is 0 Å². The van der Waals surface area contributed by atoms with E-state index in [1.54, 1.807) is 0 Å². The molecule has 2 atom stereocenters. The van der Waals surface area contributed by atoms with Crippen molar-refractivity contribution in [3.63, 3.8) is 0 Å². The van der Waals surface area contributed by atoms with Crippen LogP contribution < -0.4 is 5.32 Å². The normalized spacial score (nSPS) is 22.8. The molecule has 17 heavy (non-hydrogen) atoms. The maximum atomic E-state index is 11.1. The average molecular weight is 263 g/mol. The molecule has 102 valence electrons. The first kappa shape index (κ1) is 14.9. The van der Waals surface area contributed by atoms with Gasteiger partial charge in [0, 0.05) is 31.3 Å². The summed E-state index contributed by atoms with van der Waals surface area (Å²) < 4.78 is 27.5. The maximum absolute atomic E-state index is 11.1. The van der Waals surface area contributed by atoms with Crippen LogP contribution in [-0.4, -0.2) is 46.2 Å². The van der Waals surface area contributed by atoms with Gasteiger partial charge < -0.3 is 10.1 Å². The Kier molecular flexibility index (Phi) is 6.44. The van der Waals surface area contributed by atoms with Crippen molar-refractivity contribution >= 4 is 9.84 Å². The van der Waals surface area contributed by atoms with Crippen molar-refractivity contribution in [1.82, 2.24) is 5.32 Å². The van der Waals surface area contributed by atoms with E-state index in [1.807, 2.05) is 0 Å². The van der Waals surface area contributed by atoms with Gasteiger partial charge in [-0.25, -0.2) is 8.42 Å². The van der Waals surface area contributed by atoms with Crippen molar-refractivity contribution in [2.75, 3.05) is 31.8 Å². The van der Waals surface area contributed by atoms with Crippen LogP contribution in [0.15, 0.2) is 0 Å². The van der Waals surface area contributed by atoms with E-state index in [1.165, 1.54) is 6.26 Å². The predicted octanol–water partition coefficient (Wildman–Crippen LogP) is 1.22. The molecule has 1 fully saturated rings. The Morgan fingerprint density at radius 1 is 1.47 bits per heavy atom. The zero-order chi connectivity index (χ0) is 12.7. The van der Waals surface area contributed by atoms with Crippen molar-refractivity contribution in [3.05, 3.63) is 0 Å². The van der Waals surface area contributed by atoms with Crippen LogP contribution >= 0.6 is 0 Å². The molecule has 0 saturated carbocycles. The van der Waals surface area contributed by atoms with Crippen molar-refractivity contribution in [1.29, 1.82) is 0 Å². The molecule has 0 aliphatic carbocycles. The molecule has 0 spiro atoms. The van der Waals surface area contributed by atoms with E-state index < -0.39 is 9.84 Å². The van der Waals surface area contributed by atoms with Gasteiger partial charge >= 0.3 is 0 Å². The minimum atomic E-state index is -2.81. The molecule has 0 radical (unpaired) electrons. The Morgan fingerprint density at radius 2 is 2.24 bits per heavy atom. The first-order chi connectivity index (χ1) is 8.01. The fourth-order valence-corrected chi connectivity index (χ4v) is 3.05. The van der Waals surface area contributed by atoms with Crippen LogP contribution in [0.3, 0.4) is 0 Å². The molecule has 1 saturated heterocycles. The topological polar surface area (TPSA) is 55.4 Å². The summed E-state index contributed by atoms with van der Waals surface area (Å²) in [5, 5.41) is 3.45. The Hall–Kier alpha value is -0.130. The third-order valence-electron chi connectivity index (χ3n) is 3.20. The van der Waals surface area contributed by atoms with Crippen LogP contribution in [0.5, 0.6) is 0 Å². The van der Waals surface area contributed by atoms with Crippen molar-refractivity contribution in [2.45, 2.75) is 38.6 Å². The summed E-state index contributed by atoms with van der Waals surface area (Å²) in [5.74, 6) is 0.952. The molecule has 0 aromatic heterocycles. The van der Waals surface area contributed by atoms with Gasteiger partial charge in [-0.2, -0.15) is 0 Å². The Labute approximate surface area is 105 Å². The van der Waals surface area contributed by atoms with Crippen LogP contribution in [0.2, 0.25) is 0 Å². The van der Waals surface area contributed by atoms with Gasteiger partial charge in [-0.15, -0.1) is 0 Å². The van der Waals surface area contributed by atoms with Gasteiger partial charge in [0.1, 0.15) is 9.84 Å². The number of sulfone groups is 1. The monoisotopic (exact) mass is 263 g/mol. The van der Waals surface area contributed by atoms with Crippen LogP contribution in [0.25, 0.3) is 0 Å². The summed E-state index contributed by atoms with van der Waals surface area (Å²) in [7, 11) is -2.81. The molecule has 5 heteroatoms. The SMILES string of the molecule is CCNC(CCCS(C)(=O)=O)CC1CCOC1. The number of hydrogen-bond donors (Lipinski definition) is 1. The van der Waals surface area contributed by atoms with E-state index in [9.17, 15) is 8.42 Å². The lowest BCUT2D eigenvalue weighted by molar-refractivity contribution is 0.181. The second kappa shape index (κ2) is 7.34. The first-order valence-corrected chi connectivity index (χ1v) is 8.56. The highest BCUT2D eigenvalue weighted by atomic mass is 32.2. The number of nitrogens with one attached hydrogen (secondary N) is 1. The minimum absolute atomic E-state index is 0.302. The second-order valence-corrected chi connectivity index (χ2v) is 7.25. The molecule has 1 aliphatic rings. The van der Waals surface area contributed by atoms with Gasteiger partial charge in [0.25, 0.3) is 0 Å². The van der Waals surface area contributed by atoms with Crippen molar-refractivity contribution in [3.8, 4) is 0 Å². The van der Waals surface area contributed by atoms with E-state index in [0.29, 0.717) is 17.7 Å². The standard InChI is InChI=1S/C12H25NO3S/c1-3-13-12(5-4-8-17(2,14)15)9-11-6-7-16-10-11/h11-13H,3-10H2,1-2H3. The molecule has 1 rings (SSSR count). The highest BCUT2D eigenvalue weighted by Gasteiger charge is 2.20. The Balaban J connectivity index is 2.26. The molecule has 0 aromatic carbocycles. The third-order valence-corrected chi connectivity index (χ3v) is 4.23. The molecular formula is C12H25NO3S. The van der Waals surface area contributed by atoms with Gasteiger partial charge in [0.15, 0.2) is 0 Å². The first-order valence-electron chi connectivity index (χ1n) is 6.50. The zero-order valence-corrected chi connectivity index (χ0v) is 11.8. The number of ether oxygens (including phenoxy) is 1. The Bertz CT molecular complexity index is 297. The average Bonchev–Trinajstić information content (AvgIpc) is 2.68. The zero-order valence-electron chi connectivity index (χ0n) is 10.9. The van der Waals surface area contributed by atoms with Gasteiger partial charge in [0.05, 0.1) is 0 Å². The number of rotatable bonds is 8. The molecule has 0 aromatic rings. The molecule has 0 amide bonds. The quantitative estimate of drug-likeness (QED) is 0.715. The highest BCUT2D eigenvalue weighted by molar-refractivity contribution is 7.90. The molecule has 1 N–H and O–H groups in total. The fraction of sp³-hybridized carbons (Fsp3) is 1.00. The van der Waals surface area contributed by atoms with Gasteiger partial charge in [0.2, 0.25) is 0 Å². The molecule has 1 heterocycles. The van der Waals surface area contributed by atoms with Gasteiger partial charge in [-0.05, 0) is 38.1 Å². The van der Waals surface area contributed by atoms with Crippen LogP contribution in [0, 0.1) is 5.92 Å².